The maximum absolute atomic E-state index is 11.8. The fourth-order valence-corrected chi connectivity index (χ4v) is 1.09. The van der Waals surface area contributed by atoms with Crippen molar-refractivity contribution < 1.29 is 33.4 Å². The molecule has 0 aliphatic heterocycles. The summed E-state index contributed by atoms with van der Waals surface area (Å²) in [5, 5.41) is 20.8. The Hall–Kier alpha value is -1.93. The van der Waals surface area contributed by atoms with E-state index in [1.165, 1.54) is 0 Å². The number of hydrogen-bond donors (Lipinski definition) is 4. The number of hydrogen-bond acceptors (Lipinski definition) is 3. The Morgan fingerprint density at radius 2 is 1.78 bits per heavy atom. The van der Waals surface area contributed by atoms with E-state index in [0.29, 0.717) is 0 Å². The van der Waals surface area contributed by atoms with Gasteiger partial charge in [0.05, 0.1) is 6.54 Å². The number of halogens is 2. The summed E-state index contributed by atoms with van der Waals surface area (Å²) in [6.45, 7) is -0.882. The normalized spacial score (nSPS) is 11.9. The number of rotatable bonds is 8. The van der Waals surface area contributed by atoms with E-state index >= 15 is 0 Å². The van der Waals surface area contributed by atoms with Crippen molar-refractivity contribution >= 4 is 18.0 Å². The summed E-state index contributed by atoms with van der Waals surface area (Å²) in [6, 6.07) is -2.33. The summed E-state index contributed by atoms with van der Waals surface area (Å²) in [5.41, 5.74) is 0. The zero-order valence-corrected chi connectivity index (χ0v) is 9.36. The summed E-state index contributed by atoms with van der Waals surface area (Å²) in [4.78, 5) is 32.0. The van der Waals surface area contributed by atoms with Crippen LogP contribution < -0.4 is 10.6 Å². The molecule has 0 unspecified atom stereocenters. The highest BCUT2D eigenvalue weighted by Gasteiger charge is 2.20. The molecule has 0 spiro atoms. The van der Waals surface area contributed by atoms with E-state index < -0.39 is 37.0 Å². The number of urea groups is 1. The fraction of sp³-hybridized carbons (Fsp3) is 0.667. The number of nitrogens with one attached hydrogen (secondary N) is 2. The molecule has 0 aliphatic rings. The smallest absolute Gasteiger partial charge is 0.326 e. The fourth-order valence-electron chi connectivity index (χ4n) is 1.09. The van der Waals surface area contributed by atoms with E-state index in [1.807, 2.05) is 5.32 Å². The number of amides is 2. The van der Waals surface area contributed by atoms with Gasteiger partial charge in [0.1, 0.15) is 6.04 Å². The molecule has 0 saturated carbocycles. The van der Waals surface area contributed by atoms with Gasteiger partial charge >= 0.3 is 18.0 Å². The van der Waals surface area contributed by atoms with Crippen molar-refractivity contribution in [2.75, 3.05) is 6.54 Å². The summed E-state index contributed by atoms with van der Waals surface area (Å²) in [7, 11) is 0. The molecule has 9 heteroatoms. The van der Waals surface area contributed by atoms with Gasteiger partial charge in [-0.1, -0.05) is 0 Å². The number of carboxylic acids is 2. The summed E-state index contributed by atoms with van der Waals surface area (Å²) in [5.74, 6) is -2.44. The average Bonchev–Trinajstić information content (AvgIpc) is 2.24. The first kappa shape index (κ1) is 16.1. The monoisotopic (exact) mass is 268 g/mol. The van der Waals surface area contributed by atoms with Crippen LogP contribution in [0.3, 0.4) is 0 Å². The molecule has 104 valence electrons. The van der Waals surface area contributed by atoms with E-state index in [0.717, 1.165) is 0 Å². The molecule has 0 heterocycles. The topological polar surface area (TPSA) is 116 Å². The lowest BCUT2D eigenvalue weighted by molar-refractivity contribution is -0.140. The minimum absolute atomic E-state index is 0.0570. The van der Waals surface area contributed by atoms with Gasteiger partial charge in [0, 0.05) is 6.42 Å². The van der Waals surface area contributed by atoms with Crippen molar-refractivity contribution in [3.63, 3.8) is 0 Å². The van der Waals surface area contributed by atoms with E-state index in [1.54, 1.807) is 5.32 Å². The second kappa shape index (κ2) is 8.20. The number of alkyl halides is 2. The van der Waals surface area contributed by atoms with Crippen molar-refractivity contribution in [1.29, 1.82) is 0 Å². The Balaban J connectivity index is 4.06. The Labute approximate surface area is 101 Å². The number of carboxylic acid groups (broad SMARTS) is 2. The molecule has 2 amide bonds. The standard InChI is InChI=1S/C9H14F2N2O5/c10-6(11)4-12-9(18)13-5(8(16)17)2-1-3-7(14)15/h5-6H,1-4H2,(H,14,15)(H,16,17)(H2,12,13,18)/t5-/m1/s1. The highest BCUT2D eigenvalue weighted by atomic mass is 19.3. The summed E-state index contributed by atoms with van der Waals surface area (Å²) in [6.07, 6.45) is -3.00. The van der Waals surface area contributed by atoms with Gasteiger partial charge in [0.25, 0.3) is 6.43 Å². The second-order valence-corrected chi connectivity index (χ2v) is 3.42. The summed E-state index contributed by atoms with van der Waals surface area (Å²) >= 11 is 0. The predicted molar refractivity (Wildman–Crippen MR) is 55.4 cm³/mol. The lowest BCUT2D eigenvalue weighted by atomic mass is 10.1. The van der Waals surface area contributed by atoms with Gasteiger partial charge in [0.15, 0.2) is 0 Å². The second-order valence-electron chi connectivity index (χ2n) is 3.42. The molecule has 18 heavy (non-hydrogen) atoms. The number of carbonyl (C=O) groups is 3. The van der Waals surface area contributed by atoms with Crippen LogP contribution in [0.5, 0.6) is 0 Å². The van der Waals surface area contributed by atoms with Crippen LogP contribution in [0.2, 0.25) is 0 Å². The van der Waals surface area contributed by atoms with Gasteiger partial charge in [-0.05, 0) is 12.8 Å². The molecular formula is C9H14F2N2O5. The van der Waals surface area contributed by atoms with E-state index in [4.69, 9.17) is 10.2 Å². The Kier molecular flexibility index (Phi) is 7.32. The lowest BCUT2D eigenvalue weighted by Gasteiger charge is -2.14. The van der Waals surface area contributed by atoms with Crippen LogP contribution in [-0.4, -0.2) is 47.2 Å². The maximum atomic E-state index is 11.8. The van der Waals surface area contributed by atoms with Crippen molar-refractivity contribution in [2.45, 2.75) is 31.7 Å². The van der Waals surface area contributed by atoms with Crippen LogP contribution in [0, 0.1) is 0 Å². The molecule has 0 aliphatic carbocycles. The average molecular weight is 268 g/mol. The van der Waals surface area contributed by atoms with Crippen LogP contribution in [0.4, 0.5) is 13.6 Å². The van der Waals surface area contributed by atoms with Gasteiger partial charge < -0.3 is 20.8 Å². The van der Waals surface area contributed by atoms with Crippen LogP contribution >= 0.6 is 0 Å². The quantitative estimate of drug-likeness (QED) is 0.504. The number of aliphatic carboxylic acids is 2. The van der Waals surface area contributed by atoms with E-state index in [9.17, 15) is 23.2 Å². The third-order valence-electron chi connectivity index (χ3n) is 1.90. The first-order valence-corrected chi connectivity index (χ1v) is 5.10. The molecular weight excluding hydrogens is 254 g/mol. The summed E-state index contributed by atoms with van der Waals surface area (Å²) < 4.78 is 23.5. The molecule has 0 aromatic carbocycles. The Morgan fingerprint density at radius 1 is 1.17 bits per heavy atom. The largest absolute Gasteiger partial charge is 0.481 e. The van der Waals surface area contributed by atoms with Crippen LogP contribution in [0.25, 0.3) is 0 Å². The highest BCUT2D eigenvalue weighted by Crippen LogP contribution is 2.01. The molecule has 0 aromatic heterocycles. The Bertz CT molecular complexity index is 311. The van der Waals surface area contributed by atoms with Gasteiger partial charge in [-0.25, -0.2) is 18.4 Å². The van der Waals surface area contributed by atoms with E-state index in [-0.39, 0.29) is 19.3 Å². The molecule has 0 aromatic rings. The van der Waals surface area contributed by atoms with Gasteiger partial charge in [-0.15, -0.1) is 0 Å². The van der Waals surface area contributed by atoms with Crippen molar-refractivity contribution in [2.24, 2.45) is 0 Å². The lowest BCUT2D eigenvalue weighted by Crippen LogP contribution is -2.47. The third kappa shape index (κ3) is 8.25. The van der Waals surface area contributed by atoms with E-state index in [2.05, 4.69) is 0 Å². The molecule has 0 fully saturated rings. The molecule has 1 atom stereocenters. The minimum Gasteiger partial charge on any atom is -0.481 e. The highest BCUT2D eigenvalue weighted by molar-refractivity contribution is 5.82. The number of carbonyl (C=O) groups excluding carboxylic acids is 1. The van der Waals surface area contributed by atoms with Gasteiger partial charge in [-0.2, -0.15) is 0 Å². The van der Waals surface area contributed by atoms with Crippen LogP contribution in [0.1, 0.15) is 19.3 Å². The van der Waals surface area contributed by atoms with Crippen LogP contribution in [0.15, 0.2) is 0 Å². The van der Waals surface area contributed by atoms with Crippen molar-refractivity contribution in [3.05, 3.63) is 0 Å². The third-order valence-corrected chi connectivity index (χ3v) is 1.90. The maximum Gasteiger partial charge on any atom is 0.326 e. The molecule has 0 bridgehead atoms. The minimum atomic E-state index is -2.73. The molecule has 0 saturated heterocycles. The molecule has 7 nitrogen and oxygen atoms in total. The Morgan fingerprint density at radius 3 is 2.22 bits per heavy atom. The first-order chi connectivity index (χ1) is 8.32. The van der Waals surface area contributed by atoms with Gasteiger partial charge in [0.2, 0.25) is 0 Å². The SMILES string of the molecule is O=C(O)CCC[C@@H](NC(=O)NCC(F)F)C(=O)O. The molecule has 0 radical (unpaired) electrons. The van der Waals surface area contributed by atoms with Crippen molar-refractivity contribution in [3.8, 4) is 0 Å². The zero-order chi connectivity index (χ0) is 14.1. The molecule has 4 N–H and O–H groups in total. The first-order valence-electron chi connectivity index (χ1n) is 5.10. The van der Waals surface area contributed by atoms with Gasteiger partial charge in [-0.3, -0.25) is 4.79 Å². The van der Waals surface area contributed by atoms with Crippen molar-refractivity contribution in [1.82, 2.24) is 10.6 Å². The predicted octanol–water partition coefficient (Wildman–Crippen LogP) is 0.259. The van der Waals surface area contributed by atoms with Crippen LogP contribution in [-0.2, 0) is 9.59 Å². The molecule has 0 rings (SSSR count). The zero-order valence-electron chi connectivity index (χ0n) is 9.36.